The van der Waals surface area contributed by atoms with Gasteiger partial charge in [-0.3, -0.25) is 4.79 Å². The molecular formula is C7H15NO2. The molecule has 3 nitrogen and oxygen atoms in total. The fraction of sp³-hybridized carbons (Fsp3) is 0.857. The van der Waals surface area contributed by atoms with Crippen molar-refractivity contribution in [3.8, 4) is 0 Å². The predicted octanol–water partition coefficient (Wildman–Crippen LogP) is 0.405. The molecule has 3 heteroatoms. The molecule has 0 bridgehead atoms. The van der Waals surface area contributed by atoms with Crippen molar-refractivity contribution >= 4 is 5.91 Å². The van der Waals surface area contributed by atoms with Gasteiger partial charge in [-0.1, -0.05) is 0 Å². The Labute approximate surface area is 61.8 Å². The number of hydrogen-bond acceptors (Lipinski definition) is 2. The zero-order valence-corrected chi connectivity index (χ0v) is 7.02. The molecule has 0 saturated heterocycles. The molecule has 0 saturated carbocycles. The van der Waals surface area contributed by atoms with Crippen LogP contribution in [0.15, 0.2) is 0 Å². The average Bonchev–Trinajstić information content (AvgIpc) is 1.86. The summed E-state index contributed by atoms with van der Waals surface area (Å²) in [4.78, 5) is 11.0. The third-order valence-corrected chi connectivity index (χ3v) is 1.35. The van der Waals surface area contributed by atoms with Gasteiger partial charge in [0.1, 0.15) is 0 Å². The second kappa shape index (κ2) is 3.56. The summed E-state index contributed by atoms with van der Waals surface area (Å²) < 4.78 is 4.87. The second-order valence-corrected chi connectivity index (χ2v) is 2.90. The van der Waals surface area contributed by atoms with Crippen LogP contribution in [0.1, 0.15) is 13.8 Å². The standard InChI is InChI=1S/C7H15NO2/c1-7(2,5-10-4)6(9)8-3/h5H2,1-4H3,(H,8,9). The molecule has 10 heavy (non-hydrogen) atoms. The predicted molar refractivity (Wildman–Crippen MR) is 39.7 cm³/mol. The maximum absolute atomic E-state index is 11.0. The fourth-order valence-electron chi connectivity index (χ4n) is 0.765. The van der Waals surface area contributed by atoms with E-state index in [0.717, 1.165) is 0 Å². The van der Waals surface area contributed by atoms with E-state index in [-0.39, 0.29) is 5.91 Å². The number of ether oxygens (including phenoxy) is 1. The van der Waals surface area contributed by atoms with E-state index in [1.54, 1.807) is 14.2 Å². The lowest BCUT2D eigenvalue weighted by Crippen LogP contribution is -2.37. The van der Waals surface area contributed by atoms with Gasteiger partial charge in [0.2, 0.25) is 5.91 Å². The zero-order chi connectivity index (χ0) is 8.20. The van der Waals surface area contributed by atoms with Crippen LogP contribution in [0.4, 0.5) is 0 Å². The number of hydrogen-bond donors (Lipinski definition) is 1. The quantitative estimate of drug-likeness (QED) is 0.624. The number of rotatable bonds is 3. The van der Waals surface area contributed by atoms with Crippen LogP contribution in [0.25, 0.3) is 0 Å². The topological polar surface area (TPSA) is 38.3 Å². The SMILES string of the molecule is CNC(=O)C(C)(C)COC. The molecule has 0 aromatic rings. The largest absolute Gasteiger partial charge is 0.384 e. The number of nitrogens with one attached hydrogen (secondary N) is 1. The second-order valence-electron chi connectivity index (χ2n) is 2.90. The highest BCUT2D eigenvalue weighted by Gasteiger charge is 2.25. The van der Waals surface area contributed by atoms with Crippen molar-refractivity contribution in [2.75, 3.05) is 20.8 Å². The monoisotopic (exact) mass is 145 g/mol. The highest BCUT2D eigenvalue weighted by molar-refractivity contribution is 5.81. The van der Waals surface area contributed by atoms with Crippen LogP contribution in [0.3, 0.4) is 0 Å². The molecule has 0 unspecified atom stereocenters. The van der Waals surface area contributed by atoms with Gasteiger partial charge in [-0.2, -0.15) is 0 Å². The number of amides is 1. The Hall–Kier alpha value is -0.570. The smallest absolute Gasteiger partial charge is 0.227 e. The molecule has 0 rings (SSSR count). The van der Waals surface area contributed by atoms with E-state index in [1.807, 2.05) is 13.8 Å². The third-order valence-electron chi connectivity index (χ3n) is 1.35. The van der Waals surface area contributed by atoms with Gasteiger partial charge in [0.15, 0.2) is 0 Å². The molecule has 0 aliphatic carbocycles. The third kappa shape index (κ3) is 2.35. The van der Waals surface area contributed by atoms with Crippen molar-refractivity contribution in [2.24, 2.45) is 5.41 Å². The minimum Gasteiger partial charge on any atom is -0.384 e. The van der Waals surface area contributed by atoms with Gasteiger partial charge in [-0.25, -0.2) is 0 Å². The number of carbonyl (C=O) groups excluding carboxylic acids is 1. The lowest BCUT2D eigenvalue weighted by Gasteiger charge is -2.20. The maximum atomic E-state index is 11.0. The first-order chi connectivity index (χ1) is 4.54. The van der Waals surface area contributed by atoms with Crippen molar-refractivity contribution in [3.63, 3.8) is 0 Å². The molecule has 0 aliphatic heterocycles. The first-order valence-corrected chi connectivity index (χ1v) is 3.25. The maximum Gasteiger partial charge on any atom is 0.227 e. The lowest BCUT2D eigenvalue weighted by molar-refractivity contribution is -0.131. The summed E-state index contributed by atoms with van der Waals surface area (Å²) >= 11 is 0. The van der Waals surface area contributed by atoms with E-state index in [9.17, 15) is 4.79 Å². The Morgan fingerprint density at radius 2 is 2.10 bits per heavy atom. The highest BCUT2D eigenvalue weighted by Crippen LogP contribution is 2.14. The van der Waals surface area contributed by atoms with E-state index < -0.39 is 5.41 Å². The summed E-state index contributed by atoms with van der Waals surface area (Å²) in [5, 5.41) is 2.57. The van der Waals surface area contributed by atoms with Crippen molar-refractivity contribution in [1.82, 2.24) is 5.32 Å². The van der Waals surface area contributed by atoms with Crippen molar-refractivity contribution in [1.29, 1.82) is 0 Å². The minimum atomic E-state index is -0.413. The fourth-order valence-corrected chi connectivity index (χ4v) is 0.765. The zero-order valence-electron chi connectivity index (χ0n) is 7.02. The molecule has 0 atom stereocenters. The molecule has 1 amide bonds. The van der Waals surface area contributed by atoms with E-state index in [4.69, 9.17) is 4.74 Å². The summed E-state index contributed by atoms with van der Waals surface area (Å²) in [7, 11) is 3.21. The molecule has 0 aromatic heterocycles. The summed E-state index contributed by atoms with van der Waals surface area (Å²) in [5.41, 5.74) is -0.413. The average molecular weight is 145 g/mol. The lowest BCUT2D eigenvalue weighted by atomic mass is 9.94. The van der Waals surface area contributed by atoms with Crippen LogP contribution >= 0.6 is 0 Å². The van der Waals surface area contributed by atoms with Gasteiger partial charge in [-0.15, -0.1) is 0 Å². The first kappa shape index (κ1) is 9.43. The number of carbonyl (C=O) groups is 1. The van der Waals surface area contributed by atoms with Crippen LogP contribution in [0, 0.1) is 5.41 Å². The molecule has 0 spiro atoms. The summed E-state index contributed by atoms with van der Waals surface area (Å²) in [6.45, 7) is 4.14. The Bertz CT molecular complexity index is 121. The Balaban J connectivity index is 3.96. The van der Waals surface area contributed by atoms with Gasteiger partial charge in [0.05, 0.1) is 12.0 Å². The van der Waals surface area contributed by atoms with Crippen LogP contribution in [0.2, 0.25) is 0 Å². The summed E-state index contributed by atoms with van der Waals surface area (Å²) in [6, 6.07) is 0. The van der Waals surface area contributed by atoms with E-state index in [0.29, 0.717) is 6.61 Å². The highest BCUT2D eigenvalue weighted by atomic mass is 16.5. The summed E-state index contributed by atoms with van der Waals surface area (Å²) in [5.74, 6) is 0.00866. The molecule has 0 radical (unpaired) electrons. The van der Waals surface area contributed by atoms with Crippen LogP contribution < -0.4 is 5.32 Å². The molecule has 0 aromatic carbocycles. The molecule has 0 aliphatic rings. The van der Waals surface area contributed by atoms with Gasteiger partial charge in [0.25, 0.3) is 0 Å². The first-order valence-electron chi connectivity index (χ1n) is 3.25. The van der Waals surface area contributed by atoms with Crippen LogP contribution in [0.5, 0.6) is 0 Å². The molecule has 60 valence electrons. The van der Waals surface area contributed by atoms with Gasteiger partial charge in [0, 0.05) is 14.2 Å². The Kier molecular flexibility index (Phi) is 3.36. The molecule has 1 N–H and O–H groups in total. The van der Waals surface area contributed by atoms with Gasteiger partial charge < -0.3 is 10.1 Å². The van der Waals surface area contributed by atoms with Crippen molar-refractivity contribution in [3.05, 3.63) is 0 Å². The van der Waals surface area contributed by atoms with Crippen LogP contribution in [-0.2, 0) is 9.53 Å². The molecule has 0 fully saturated rings. The van der Waals surface area contributed by atoms with E-state index in [1.165, 1.54) is 0 Å². The van der Waals surface area contributed by atoms with Crippen LogP contribution in [-0.4, -0.2) is 26.7 Å². The summed E-state index contributed by atoms with van der Waals surface area (Å²) in [6.07, 6.45) is 0. The van der Waals surface area contributed by atoms with Gasteiger partial charge >= 0.3 is 0 Å². The molecular weight excluding hydrogens is 130 g/mol. The normalized spacial score (nSPS) is 11.2. The van der Waals surface area contributed by atoms with Crippen molar-refractivity contribution in [2.45, 2.75) is 13.8 Å². The Morgan fingerprint density at radius 3 is 2.40 bits per heavy atom. The van der Waals surface area contributed by atoms with E-state index >= 15 is 0 Å². The Morgan fingerprint density at radius 1 is 1.60 bits per heavy atom. The van der Waals surface area contributed by atoms with Gasteiger partial charge in [-0.05, 0) is 13.8 Å². The number of methoxy groups -OCH3 is 1. The van der Waals surface area contributed by atoms with E-state index in [2.05, 4.69) is 5.32 Å². The molecule has 0 heterocycles. The van der Waals surface area contributed by atoms with Crippen molar-refractivity contribution < 1.29 is 9.53 Å². The minimum absolute atomic E-state index is 0.00866.